The van der Waals surface area contributed by atoms with E-state index < -0.39 is 0 Å². The number of piperazine rings is 2. The van der Waals surface area contributed by atoms with Gasteiger partial charge in [0.05, 0.1) is 11.1 Å². The molecule has 2 aromatic carbocycles. The van der Waals surface area contributed by atoms with E-state index in [0.29, 0.717) is 87.7 Å². The largest absolute Gasteiger partial charge is 0.364 e. The molecule has 4 N–H and O–H groups in total. The summed E-state index contributed by atoms with van der Waals surface area (Å²) in [4.78, 5) is 65.2. The fourth-order valence-electron chi connectivity index (χ4n) is 8.49. The van der Waals surface area contributed by atoms with E-state index in [4.69, 9.17) is 0 Å². The first-order valence-electron chi connectivity index (χ1n) is 17.4. The Morgan fingerprint density at radius 1 is 0.469 bits per heavy atom. The normalized spacial score (nSPS) is 23.5. The van der Waals surface area contributed by atoms with Crippen molar-refractivity contribution < 1.29 is 19.2 Å². The second-order valence-electron chi connectivity index (χ2n) is 13.5. The van der Waals surface area contributed by atoms with Crippen molar-refractivity contribution in [2.75, 3.05) is 52.4 Å². The zero-order valence-corrected chi connectivity index (χ0v) is 27.2. The summed E-state index contributed by atoms with van der Waals surface area (Å²) in [6.07, 6.45) is 4.06. The van der Waals surface area contributed by atoms with E-state index in [1.54, 1.807) is 0 Å². The second-order valence-corrected chi connectivity index (χ2v) is 13.5. The zero-order chi connectivity index (χ0) is 33.2. The Bertz CT molecular complexity index is 1970. The molecule has 12 nitrogen and oxygen atoms in total. The fraction of sp³-hybridized carbons (Fsp3) is 0.351. The molecule has 11 rings (SSSR count). The van der Waals surface area contributed by atoms with Gasteiger partial charge in [0, 0.05) is 96.7 Å². The minimum absolute atomic E-state index is 0.334. The van der Waals surface area contributed by atoms with E-state index in [-0.39, 0.29) is 23.6 Å². The molecule has 7 aliphatic rings. The number of carbonyl (C=O) groups is 4. The molecule has 4 aromatic rings. The van der Waals surface area contributed by atoms with Crippen molar-refractivity contribution in [3.8, 4) is 0 Å². The first-order chi connectivity index (χ1) is 24.0. The van der Waals surface area contributed by atoms with Crippen LogP contribution in [0.3, 0.4) is 0 Å². The van der Waals surface area contributed by atoms with Crippen molar-refractivity contribution in [1.29, 1.82) is 0 Å². The van der Waals surface area contributed by atoms with Crippen molar-refractivity contribution in [3.63, 3.8) is 0 Å². The topological polar surface area (TPSA) is 137 Å². The predicted octanol–water partition coefficient (Wildman–Crippen LogP) is 2.50. The summed E-state index contributed by atoms with van der Waals surface area (Å²) in [6.45, 7) is 5.21. The maximum absolute atomic E-state index is 13.5. The molecule has 12 heteroatoms. The number of nitrogens with zero attached hydrogens (tertiary/aromatic N) is 4. The average molecular weight is 659 g/mol. The van der Waals surface area contributed by atoms with Gasteiger partial charge in [0.1, 0.15) is 11.4 Å². The lowest BCUT2D eigenvalue weighted by Crippen LogP contribution is -2.59. The number of hydrogen-bond donors (Lipinski definition) is 4. The Balaban J connectivity index is 1.13. The molecule has 0 saturated carbocycles. The maximum Gasteiger partial charge on any atom is 0.275 e. The van der Waals surface area contributed by atoms with Crippen molar-refractivity contribution in [1.82, 2.24) is 40.4 Å². The van der Waals surface area contributed by atoms with Gasteiger partial charge < -0.3 is 19.8 Å². The molecule has 0 radical (unpaired) electrons. The van der Waals surface area contributed by atoms with Gasteiger partial charge in [-0.1, -0.05) is 42.8 Å². The van der Waals surface area contributed by atoms with E-state index in [1.807, 2.05) is 48.5 Å². The highest BCUT2D eigenvalue weighted by Gasteiger charge is 2.41. The Morgan fingerprint density at radius 3 is 1.31 bits per heavy atom. The van der Waals surface area contributed by atoms with Crippen LogP contribution in [-0.4, -0.2) is 106 Å². The fourth-order valence-corrected chi connectivity index (χ4v) is 8.49. The summed E-state index contributed by atoms with van der Waals surface area (Å²) in [6, 6.07) is 16.0. The molecule has 7 aliphatic heterocycles. The summed E-state index contributed by atoms with van der Waals surface area (Å²) < 4.78 is 0. The van der Waals surface area contributed by atoms with Crippen LogP contribution in [0.15, 0.2) is 59.9 Å². The van der Waals surface area contributed by atoms with E-state index in [1.165, 1.54) is 0 Å². The number of hydrogen-bond acceptors (Lipinski definition) is 8. The van der Waals surface area contributed by atoms with Gasteiger partial charge in [-0.2, -0.15) is 0 Å². The van der Waals surface area contributed by atoms with E-state index in [2.05, 4.69) is 40.4 Å². The summed E-state index contributed by atoms with van der Waals surface area (Å²) in [5.41, 5.74) is 7.34. The molecule has 2 aromatic heterocycles. The number of aromatic nitrogens is 2. The number of H-pyrrole nitrogens is 2. The lowest BCUT2D eigenvalue weighted by molar-refractivity contribution is -0.126. The number of rotatable bonds is 0. The van der Waals surface area contributed by atoms with Crippen LogP contribution < -0.4 is 10.6 Å². The second kappa shape index (κ2) is 11.7. The molecule has 2 saturated heterocycles. The Hall–Kier alpha value is -5.20. The molecule has 49 heavy (non-hydrogen) atoms. The van der Waals surface area contributed by atoms with Crippen LogP contribution in [0.5, 0.6) is 0 Å². The van der Waals surface area contributed by atoms with Crippen LogP contribution in [0.4, 0.5) is 0 Å². The van der Waals surface area contributed by atoms with Crippen LogP contribution in [-0.2, 0) is 32.0 Å². The lowest BCUT2D eigenvalue weighted by atomic mass is 9.96. The molecule has 9 heterocycles. The minimum Gasteiger partial charge on any atom is -0.364 e. The van der Waals surface area contributed by atoms with Gasteiger partial charge in [0.15, 0.2) is 0 Å². The Labute approximate surface area is 282 Å². The summed E-state index contributed by atoms with van der Waals surface area (Å²) in [5, 5.41) is 11.7. The first kappa shape index (κ1) is 29.9. The monoisotopic (exact) mass is 658 g/mol. The first-order valence-corrected chi connectivity index (χ1v) is 17.4. The van der Waals surface area contributed by atoms with Crippen LogP contribution >= 0.6 is 0 Å². The molecule has 4 bridgehead atoms. The summed E-state index contributed by atoms with van der Waals surface area (Å²) in [7, 11) is 0. The molecule has 4 amide bonds. The van der Waals surface area contributed by atoms with E-state index >= 15 is 0 Å². The molecular formula is C37H38N8O4. The van der Waals surface area contributed by atoms with E-state index in [9.17, 15) is 19.2 Å². The maximum atomic E-state index is 13.5. The number of benzene rings is 2. The van der Waals surface area contributed by atoms with Crippen LogP contribution in [0, 0.1) is 0 Å². The molecule has 0 aliphatic carbocycles. The number of aryl methyl sites for hydroxylation is 2. The third kappa shape index (κ3) is 4.88. The summed E-state index contributed by atoms with van der Waals surface area (Å²) >= 11 is 0. The van der Waals surface area contributed by atoms with E-state index in [0.717, 1.165) is 63.6 Å². The third-order valence-corrected chi connectivity index (χ3v) is 10.8. The molecule has 0 atom stereocenters. The van der Waals surface area contributed by atoms with Gasteiger partial charge in [0.2, 0.25) is 0 Å². The smallest absolute Gasteiger partial charge is 0.275 e. The van der Waals surface area contributed by atoms with Gasteiger partial charge in [-0.25, -0.2) is 10.0 Å². The molecule has 0 spiro atoms. The molecule has 2 fully saturated rings. The zero-order valence-electron chi connectivity index (χ0n) is 27.2. The minimum atomic E-state index is -0.339. The number of aromatic amines is 2. The van der Waals surface area contributed by atoms with Crippen LogP contribution in [0.2, 0.25) is 0 Å². The van der Waals surface area contributed by atoms with Crippen molar-refractivity contribution in [2.45, 2.75) is 32.1 Å². The molecule has 0 unspecified atom stereocenters. The SMILES string of the molecule is O=C1NC(=O)C2=C1c1c([nH]c3ccccc13)CCCCCc1[nH]c3ccccc3c1C1=C(C(=O)NC1=O)N1CCN(CC1)N1CCN2CC1. The van der Waals surface area contributed by atoms with Crippen molar-refractivity contribution >= 4 is 56.6 Å². The van der Waals surface area contributed by atoms with Gasteiger partial charge in [-0.15, -0.1) is 0 Å². The van der Waals surface area contributed by atoms with Crippen LogP contribution in [0.25, 0.3) is 33.0 Å². The standard InChI is InChI=1S/C37H38N8O4/c46-34-30-28-22-8-4-6-10-24(22)38-26(28)12-2-1-3-13-27-29(23-9-5-7-11-25(23)39-27)31-33(37(49)41-35(31)47)43-16-20-45(21-17-43)44-18-14-42(15-19-44)32(30)36(48)40-34/h4-11,38-39H,1-3,12-21H2,(H,40,46,48)(H,41,47,49). The highest BCUT2D eigenvalue weighted by Crippen LogP contribution is 2.38. The number of para-hydroxylation sites is 2. The molecule has 250 valence electrons. The number of imide groups is 2. The number of amides is 4. The predicted molar refractivity (Wildman–Crippen MR) is 184 cm³/mol. The summed E-state index contributed by atoms with van der Waals surface area (Å²) in [5.74, 6) is -1.35. The number of carbonyl (C=O) groups excluding carboxylic acids is 4. The highest BCUT2D eigenvalue weighted by molar-refractivity contribution is 6.38. The molecular weight excluding hydrogens is 620 g/mol. The third-order valence-electron chi connectivity index (χ3n) is 10.8. The number of hydrazine groups is 1. The van der Waals surface area contributed by atoms with Crippen LogP contribution in [0.1, 0.15) is 41.8 Å². The van der Waals surface area contributed by atoms with Crippen molar-refractivity contribution in [2.24, 2.45) is 0 Å². The van der Waals surface area contributed by atoms with Gasteiger partial charge in [0.25, 0.3) is 23.6 Å². The number of nitrogens with one attached hydrogen (secondary N) is 4. The Morgan fingerprint density at radius 2 is 0.878 bits per heavy atom. The highest BCUT2D eigenvalue weighted by atomic mass is 16.2. The quantitative estimate of drug-likeness (QED) is 0.212. The van der Waals surface area contributed by atoms with Gasteiger partial charge in [-0.05, 0) is 37.8 Å². The average Bonchev–Trinajstić information content (AvgIpc) is 3.83. The van der Waals surface area contributed by atoms with Gasteiger partial charge >= 0.3 is 0 Å². The Kier molecular flexibility index (Phi) is 7.17. The van der Waals surface area contributed by atoms with Gasteiger partial charge in [-0.3, -0.25) is 29.8 Å². The van der Waals surface area contributed by atoms with Crippen molar-refractivity contribution in [3.05, 3.63) is 82.4 Å². The number of fused-ring (bicyclic) bond motifs is 4. The lowest BCUT2D eigenvalue weighted by Gasteiger charge is -2.45.